The molecule has 11 rings (SSSR count). The van der Waals surface area contributed by atoms with Gasteiger partial charge in [0.05, 0.1) is 32.8 Å². The molecule has 0 bridgehead atoms. The van der Waals surface area contributed by atoms with Gasteiger partial charge >= 0.3 is 0 Å². The molecule has 0 amide bonds. The first-order chi connectivity index (χ1) is 27.8. The monoisotopic (exact) mass is 731 g/mol. The van der Waals surface area contributed by atoms with E-state index >= 15 is 0 Å². The summed E-state index contributed by atoms with van der Waals surface area (Å²) < 4.78 is 2.53. The smallest absolute Gasteiger partial charge is 0.0979 e. The van der Waals surface area contributed by atoms with Gasteiger partial charge in [0.1, 0.15) is 0 Å². The minimum Gasteiger partial charge on any atom is -0.309 e. The Morgan fingerprint density at radius 3 is 1.68 bits per heavy atom. The van der Waals surface area contributed by atoms with Crippen molar-refractivity contribution in [3.05, 3.63) is 200 Å². The molecule has 9 aromatic carbocycles. The van der Waals surface area contributed by atoms with Gasteiger partial charge in [-0.2, -0.15) is 0 Å². The average Bonchev–Trinajstić information content (AvgIpc) is 3.67. The van der Waals surface area contributed by atoms with Crippen LogP contribution >= 0.6 is 11.3 Å². The van der Waals surface area contributed by atoms with E-state index in [4.69, 9.17) is 9.97 Å². The van der Waals surface area contributed by atoms with Gasteiger partial charge in [0.15, 0.2) is 0 Å². The highest BCUT2D eigenvalue weighted by Gasteiger charge is 2.21. The van der Waals surface area contributed by atoms with Crippen LogP contribution in [0.4, 0.5) is 17.1 Å². The molecule has 0 unspecified atom stereocenters. The number of aromatic nitrogens is 2. The van der Waals surface area contributed by atoms with E-state index in [1.807, 2.05) is 23.5 Å². The van der Waals surface area contributed by atoms with Crippen molar-refractivity contribution in [2.75, 3.05) is 4.90 Å². The van der Waals surface area contributed by atoms with E-state index in [0.29, 0.717) is 0 Å². The minimum absolute atomic E-state index is 0.881. The van der Waals surface area contributed by atoms with Crippen LogP contribution in [0, 0.1) is 0 Å². The zero-order chi connectivity index (χ0) is 37.0. The van der Waals surface area contributed by atoms with Crippen LogP contribution in [0.1, 0.15) is 0 Å². The van der Waals surface area contributed by atoms with Gasteiger partial charge in [-0.25, -0.2) is 9.97 Å². The number of rotatable bonds is 6. The molecule has 0 atom stereocenters. The Balaban J connectivity index is 1.17. The Labute approximate surface area is 328 Å². The lowest BCUT2D eigenvalue weighted by Crippen LogP contribution is -2.09. The predicted octanol–water partition coefficient (Wildman–Crippen LogP) is 14.8. The lowest BCUT2D eigenvalue weighted by Gasteiger charge is -2.26. The van der Waals surface area contributed by atoms with Gasteiger partial charge in [-0.1, -0.05) is 152 Å². The first-order valence-corrected chi connectivity index (χ1v) is 19.7. The van der Waals surface area contributed by atoms with Gasteiger partial charge < -0.3 is 4.90 Å². The van der Waals surface area contributed by atoms with E-state index in [9.17, 15) is 0 Å². The number of hydrogen-bond acceptors (Lipinski definition) is 4. The molecule has 0 fully saturated rings. The Hall–Kier alpha value is -7.14. The third-order valence-electron chi connectivity index (χ3n) is 10.8. The number of nitrogens with zero attached hydrogens (tertiary/aromatic N) is 3. The number of thiophene rings is 1. The molecule has 2 heterocycles. The topological polar surface area (TPSA) is 29.0 Å². The van der Waals surface area contributed by atoms with Crippen LogP contribution in [0.3, 0.4) is 0 Å². The molecule has 262 valence electrons. The van der Waals surface area contributed by atoms with Crippen molar-refractivity contribution in [1.82, 2.24) is 9.97 Å². The Kier molecular flexibility index (Phi) is 7.68. The van der Waals surface area contributed by atoms with Crippen molar-refractivity contribution >= 4 is 81.1 Å². The summed E-state index contributed by atoms with van der Waals surface area (Å²) in [4.78, 5) is 13.2. The number of anilines is 3. The highest BCUT2D eigenvalue weighted by Crippen LogP contribution is 2.48. The van der Waals surface area contributed by atoms with Crippen LogP contribution in [0.5, 0.6) is 0 Å². The molecule has 4 heteroatoms. The minimum atomic E-state index is 0.881. The SMILES string of the molecule is c1ccc(-c2nc3ccc4ccc5ccc(-c6ccc(N(c7ccccc7)c7ccccc7)c7sc8ccccc8c67)cc5c4c3nc2-c2ccccc2)cc1. The van der Waals surface area contributed by atoms with Crippen molar-refractivity contribution < 1.29 is 0 Å². The quantitative estimate of drug-likeness (QED) is 0.159. The van der Waals surface area contributed by atoms with Crippen LogP contribution in [-0.4, -0.2) is 9.97 Å². The molecular weight excluding hydrogens is 699 g/mol. The van der Waals surface area contributed by atoms with Crippen molar-refractivity contribution in [3.63, 3.8) is 0 Å². The maximum Gasteiger partial charge on any atom is 0.0979 e. The molecule has 3 nitrogen and oxygen atoms in total. The van der Waals surface area contributed by atoms with Gasteiger partial charge in [-0.15, -0.1) is 11.3 Å². The lowest BCUT2D eigenvalue weighted by molar-refractivity contribution is 1.30. The first kappa shape index (κ1) is 32.3. The second kappa shape index (κ2) is 13.3. The second-order valence-corrected chi connectivity index (χ2v) is 15.2. The lowest BCUT2D eigenvalue weighted by atomic mass is 9.93. The van der Waals surface area contributed by atoms with E-state index in [2.05, 4.69) is 193 Å². The summed E-state index contributed by atoms with van der Waals surface area (Å²) >= 11 is 1.86. The predicted molar refractivity (Wildman–Crippen MR) is 238 cm³/mol. The standard InChI is InChI=1S/C52H33N3S/c1-5-15-36(16-6-1)49-50(37-17-7-2-8-18-37)54-51-44(53-49)31-29-35-27-25-34-26-28-38(33-43(34)47(35)51)41-30-32-45(52-48(41)42-23-13-14-24-46(42)56-52)55(39-19-9-3-10-20-39)40-21-11-4-12-22-40/h1-33H. The zero-order valence-electron chi connectivity index (χ0n) is 30.3. The van der Waals surface area contributed by atoms with E-state index < -0.39 is 0 Å². The molecule has 0 aliphatic carbocycles. The highest BCUT2D eigenvalue weighted by atomic mass is 32.1. The fraction of sp³-hybridized carbons (Fsp3) is 0. The van der Waals surface area contributed by atoms with Crippen molar-refractivity contribution in [3.8, 4) is 33.6 Å². The number of fused-ring (bicyclic) bond motifs is 8. The van der Waals surface area contributed by atoms with Gasteiger partial charge in [-0.05, 0) is 75.8 Å². The van der Waals surface area contributed by atoms with Crippen molar-refractivity contribution in [2.24, 2.45) is 0 Å². The van der Waals surface area contributed by atoms with E-state index in [0.717, 1.165) is 61.4 Å². The van der Waals surface area contributed by atoms with Crippen molar-refractivity contribution in [1.29, 1.82) is 0 Å². The Morgan fingerprint density at radius 2 is 0.982 bits per heavy atom. The van der Waals surface area contributed by atoms with Gasteiger partial charge in [0.2, 0.25) is 0 Å². The maximum atomic E-state index is 5.51. The summed E-state index contributed by atoms with van der Waals surface area (Å²) in [6.45, 7) is 0. The third kappa shape index (κ3) is 5.34. The average molecular weight is 732 g/mol. The molecule has 56 heavy (non-hydrogen) atoms. The van der Waals surface area contributed by atoms with Crippen LogP contribution in [0.15, 0.2) is 200 Å². The fourth-order valence-corrected chi connectivity index (χ4v) is 9.46. The second-order valence-electron chi connectivity index (χ2n) is 14.1. The summed E-state index contributed by atoms with van der Waals surface area (Å²) in [5, 5.41) is 7.13. The molecule has 0 N–H and O–H groups in total. The summed E-state index contributed by atoms with van der Waals surface area (Å²) in [6.07, 6.45) is 0. The molecule has 2 aromatic heterocycles. The molecule has 0 spiro atoms. The zero-order valence-corrected chi connectivity index (χ0v) is 31.1. The number of hydrogen-bond donors (Lipinski definition) is 0. The maximum absolute atomic E-state index is 5.51. The van der Waals surface area contributed by atoms with E-state index in [-0.39, 0.29) is 0 Å². The Morgan fingerprint density at radius 1 is 0.411 bits per heavy atom. The summed E-state index contributed by atoms with van der Waals surface area (Å²) in [5.41, 5.74) is 11.5. The highest BCUT2D eigenvalue weighted by molar-refractivity contribution is 7.26. The normalized spacial score (nSPS) is 11.6. The fourth-order valence-electron chi connectivity index (χ4n) is 8.23. The van der Waals surface area contributed by atoms with Crippen LogP contribution in [-0.2, 0) is 0 Å². The van der Waals surface area contributed by atoms with Gasteiger partial charge in [-0.3, -0.25) is 0 Å². The van der Waals surface area contributed by atoms with Crippen molar-refractivity contribution in [2.45, 2.75) is 0 Å². The third-order valence-corrected chi connectivity index (χ3v) is 12.0. The molecular formula is C52H33N3S. The molecule has 11 aromatic rings. The van der Waals surface area contributed by atoms with Crippen LogP contribution in [0.2, 0.25) is 0 Å². The molecule has 0 saturated carbocycles. The van der Waals surface area contributed by atoms with Crippen LogP contribution in [0.25, 0.3) is 86.4 Å². The summed E-state index contributed by atoms with van der Waals surface area (Å²) in [7, 11) is 0. The largest absolute Gasteiger partial charge is 0.309 e. The Bertz CT molecular complexity index is 3190. The number of benzene rings is 9. The summed E-state index contributed by atoms with van der Waals surface area (Å²) in [5.74, 6) is 0. The van der Waals surface area contributed by atoms with Gasteiger partial charge in [0, 0.05) is 43.4 Å². The molecule has 0 aliphatic rings. The summed E-state index contributed by atoms with van der Waals surface area (Å²) in [6, 6.07) is 71.3. The first-order valence-electron chi connectivity index (χ1n) is 18.9. The van der Waals surface area contributed by atoms with Crippen LogP contribution < -0.4 is 4.90 Å². The van der Waals surface area contributed by atoms with E-state index in [1.165, 1.54) is 42.1 Å². The molecule has 0 aliphatic heterocycles. The molecule has 0 radical (unpaired) electrons. The number of para-hydroxylation sites is 2. The van der Waals surface area contributed by atoms with E-state index in [1.54, 1.807) is 0 Å². The molecule has 0 saturated heterocycles. The van der Waals surface area contributed by atoms with Gasteiger partial charge in [0.25, 0.3) is 0 Å².